The highest BCUT2D eigenvalue weighted by molar-refractivity contribution is 5.94. The smallest absolute Gasteiger partial charge is 0.228 e. The molecule has 1 aromatic rings. The molecule has 1 amide bonds. The summed E-state index contributed by atoms with van der Waals surface area (Å²) in [5, 5.41) is 2.72. The number of rotatable bonds is 8. The number of nitrogens with two attached hydrogens (primary N) is 1. The zero-order chi connectivity index (χ0) is 16.5. The van der Waals surface area contributed by atoms with Gasteiger partial charge in [0, 0.05) is 19.4 Å². The molecule has 0 fully saturated rings. The van der Waals surface area contributed by atoms with Crippen LogP contribution in [0.15, 0.2) is 35.8 Å². The van der Waals surface area contributed by atoms with Crippen molar-refractivity contribution in [1.82, 2.24) is 4.98 Å². The number of hydrogen-bond acceptors (Lipinski definition) is 4. The van der Waals surface area contributed by atoms with E-state index in [4.69, 9.17) is 5.73 Å². The lowest BCUT2D eigenvalue weighted by atomic mass is 10.0. The predicted molar refractivity (Wildman–Crippen MR) is 88.0 cm³/mol. The largest absolute Gasteiger partial charge is 0.384 e. The Morgan fingerprint density at radius 1 is 1.50 bits per heavy atom. The number of nitrogens with zero attached hydrogens (tertiary/aromatic N) is 2. The first-order valence-electron chi connectivity index (χ1n) is 7.15. The van der Waals surface area contributed by atoms with Gasteiger partial charge in [-0.2, -0.15) is 0 Å². The standard InChI is InChI=1S/C16H22N4O2/c1-4-14(17)18-10-6-7-11(2)16(22)20-15-9-5-8-13(19-15)12(3)21/h4-5,8-9,11H,1,6-7,10H2,2-3H3,(H2,17,18)(H,19,20,22)/t11-/m1/s1. The van der Waals surface area contributed by atoms with E-state index in [0.717, 1.165) is 6.42 Å². The normalized spacial score (nSPS) is 12.5. The first-order valence-corrected chi connectivity index (χ1v) is 7.15. The van der Waals surface area contributed by atoms with Crippen LogP contribution in [-0.2, 0) is 4.79 Å². The number of carbonyl (C=O) groups is 2. The molecule has 0 aliphatic carbocycles. The topological polar surface area (TPSA) is 97.4 Å². The molecule has 1 atom stereocenters. The molecular formula is C16H22N4O2. The molecule has 0 saturated heterocycles. The van der Waals surface area contributed by atoms with Crippen molar-refractivity contribution in [1.29, 1.82) is 0 Å². The van der Waals surface area contributed by atoms with Crippen LogP contribution in [-0.4, -0.2) is 29.1 Å². The van der Waals surface area contributed by atoms with E-state index in [9.17, 15) is 9.59 Å². The van der Waals surface area contributed by atoms with Gasteiger partial charge in [-0.15, -0.1) is 0 Å². The average Bonchev–Trinajstić information content (AvgIpc) is 2.51. The van der Waals surface area contributed by atoms with E-state index in [1.165, 1.54) is 13.0 Å². The molecule has 1 rings (SSSR count). The maximum Gasteiger partial charge on any atom is 0.228 e. The summed E-state index contributed by atoms with van der Waals surface area (Å²) in [5.74, 6) is 0.347. The van der Waals surface area contributed by atoms with Crippen molar-refractivity contribution in [2.45, 2.75) is 26.7 Å². The Labute approximate surface area is 130 Å². The maximum absolute atomic E-state index is 12.1. The minimum atomic E-state index is -0.178. The zero-order valence-electron chi connectivity index (χ0n) is 13.0. The Balaban J connectivity index is 2.49. The van der Waals surface area contributed by atoms with Gasteiger partial charge in [-0.05, 0) is 31.1 Å². The number of carbonyl (C=O) groups excluding carboxylic acids is 2. The first kappa shape index (κ1) is 17.6. The third kappa shape index (κ3) is 5.87. The Morgan fingerprint density at radius 2 is 2.23 bits per heavy atom. The van der Waals surface area contributed by atoms with Gasteiger partial charge in [0.1, 0.15) is 17.3 Å². The number of hydrogen-bond donors (Lipinski definition) is 2. The molecule has 0 aliphatic rings. The summed E-state index contributed by atoms with van der Waals surface area (Å²) in [4.78, 5) is 31.5. The molecule has 0 aliphatic heterocycles. The number of amides is 1. The highest BCUT2D eigenvalue weighted by Gasteiger charge is 2.13. The first-order chi connectivity index (χ1) is 10.4. The molecule has 118 valence electrons. The molecule has 6 heteroatoms. The van der Waals surface area contributed by atoms with Crippen LogP contribution in [0.2, 0.25) is 0 Å². The highest BCUT2D eigenvalue weighted by Crippen LogP contribution is 2.11. The molecule has 0 bridgehead atoms. The molecular weight excluding hydrogens is 280 g/mol. The molecule has 1 aromatic heterocycles. The van der Waals surface area contributed by atoms with Gasteiger partial charge in [0.25, 0.3) is 0 Å². The van der Waals surface area contributed by atoms with Gasteiger partial charge in [0.2, 0.25) is 5.91 Å². The second-order valence-electron chi connectivity index (χ2n) is 5.01. The van der Waals surface area contributed by atoms with Crippen LogP contribution in [0.25, 0.3) is 0 Å². The minimum Gasteiger partial charge on any atom is -0.384 e. The van der Waals surface area contributed by atoms with Gasteiger partial charge < -0.3 is 11.1 Å². The Hall–Kier alpha value is -2.50. The molecule has 0 aromatic carbocycles. The van der Waals surface area contributed by atoms with Crippen LogP contribution in [0.1, 0.15) is 37.2 Å². The van der Waals surface area contributed by atoms with E-state index in [1.54, 1.807) is 18.2 Å². The molecule has 0 saturated carbocycles. The fourth-order valence-corrected chi connectivity index (χ4v) is 1.75. The number of aromatic nitrogens is 1. The Kier molecular flexibility index (Phi) is 6.95. The molecule has 3 N–H and O–H groups in total. The van der Waals surface area contributed by atoms with Crippen molar-refractivity contribution in [2.75, 3.05) is 11.9 Å². The average molecular weight is 302 g/mol. The summed E-state index contributed by atoms with van der Waals surface area (Å²) in [6, 6.07) is 4.96. The summed E-state index contributed by atoms with van der Waals surface area (Å²) < 4.78 is 0. The lowest BCUT2D eigenvalue weighted by Gasteiger charge is -2.11. The van der Waals surface area contributed by atoms with Crippen LogP contribution >= 0.6 is 0 Å². The van der Waals surface area contributed by atoms with Gasteiger partial charge in [-0.25, -0.2) is 4.98 Å². The number of ketones is 1. The molecule has 0 radical (unpaired) electrons. The van der Waals surface area contributed by atoms with Crippen molar-refractivity contribution < 1.29 is 9.59 Å². The number of amidine groups is 1. The second kappa shape index (κ2) is 8.71. The third-order valence-electron chi connectivity index (χ3n) is 3.11. The fraction of sp³-hybridized carbons (Fsp3) is 0.375. The van der Waals surface area contributed by atoms with Gasteiger partial charge in [0.05, 0.1) is 0 Å². The van der Waals surface area contributed by atoms with Crippen LogP contribution < -0.4 is 11.1 Å². The van der Waals surface area contributed by atoms with E-state index in [2.05, 4.69) is 21.9 Å². The van der Waals surface area contributed by atoms with Gasteiger partial charge in [-0.3, -0.25) is 14.6 Å². The van der Waals surface area contributed by atoms with E-state index in [1.807, 2.05) is 6.92 Å². The van der Waals surface area contributed by atoms with Gasteiger partial charge in [-0.1, -0.05) is 19.6 Å². The molecule has 0 spiro atoms. The predicted octanol–water partition coefficient (Wildman–Crippen LogP) is 2.18. The maximum atomic E-state index is 12.1. The number of aliphatic imine (C=N–C) groups is 1. The monoisotopic (exact) mass is 302 g/mol. The Morgan fingerprint density at radius 3 is 2.86 bits per heavy atom. The molecule has 0 unspecified atom stereocenters. The van der Waals surface area contributed by atoms with E-state index in [0.29, 0.717) is 30.3 Å². The minimum absolute atomic E-state index is 0.131. The van der Waals surface area contributed by atoms with Crippen molar-refractivity contribution in [3.63, 3.8) is 0 Å². The van der Waals surface area contributed by atoms with Crippen LogP contribution in [0.3, 0.4) is 0 Å². The fourth-order valence-electron chi connectivity index (χ4n) is 1.75. The van der Waals surface area contributed by atoms with Crippen LogP contribution in [0, 0.1) is 5.92 Å². The summed E-state index contributed by atoms with van der Waals surface area (Å²) in [6.45, 7) is 7.36. The lowest BCUT2D eigenvalue weighted by Crippen LogP contribution is -2.21. The number of nitrogens with one attached hydrogen (secondary N) is 1. The molecule has 22 heavy (non-hydrogen) atoms. The van der Waals surface area contributed by atoms with E-state index in [-0.39, 0.29) is 17.6 Å². The van der Waals surface area contributed by atoms with E-state index >= 15 is 0 Å². The van der Waals surface area contributed by atoms with Crippen molar-refractivity contribution in [2.24, 2.45) is 16.6 Å². The van der Waals surface area contributed by atoms with Crippen molar-refractivity contribution >= 4 is 23.3 Å². The third-order valence-corrected chi connectivity index (χ3v) is 3.11. The summed E-state index contributed by atoms with van der Waals surface area (Å²) in [5.41, 5.74) is 5.84. The molecule has 6 nitrogen and oxygen atoms in total. The lowest BCUT2D eigenvalue weighted by molar-refractivity contribution is -0.119. The summed E-state index contributed by atoms with van der Waals surface area (Å²) in [6.07, 6.45) is 2.93. The number of anilines is 1. The highest BCUT2D eigenvalue weighted by atomic mass is 16.2. The van der Waals surface area contributed by atoms with E-state index < -0.39 is 0 Å². The number of pyridine rings is 1. The Bertz CT molecular complexity index is 581. The quantitative estimate of drug-likeness (QED) is 0.333. The SMILES string of the molecule is C=CC(N)=NCCC[C@@H](C)C(=O)Nc1cccc(C(C)=O)n1. The summed E-state index contributed by atoms with van der Waals surface area (Å²) >= 11 is 0. The zero-order valence-corrected chi connectivity index (χ0v) is 13.0. The van der Waals surface area contributed by atoms with Crippen molar-refractivity contribution in [3.8, 4) is 0 Å². The second-order valence-corrected chi connectivity index (χ2v) is 5.01. The number of Topliss-reactive ketones (excluding diaryl/α,β-unsaturated/α-hetero) is 1. The van der Waals surface area contributed by atoms with Gasteiger partial charge in [0.15, 0.2) is 5.78 Å². The molecule has 1 heterocycles. The van der Waals surface area contributed by atoms with Gasteiger partial charge >= 0.3 is 0 Å². The van der Waals surface area contributed by atoms with Crippen LogP contribution in [0.5, 0.6) is 0 Å². The van der Waals surface area contributed by atoms with Crippen molar-refractivity contribution in [3.05, 3.63) is 36.5 Å². The summed E-state index contributed by atoms with van der Waals surface area (Å²) in [7, 11) is 0. The van der Waals surface area contributed by atoms with Crippen LogP contribution in [0.4, 0.5) is 5.82 Å².